The summed E-state index contributed by atoms with van der Waals surface area (Å²) in [5.74, 6) is -1.59. The third kappa shape index (κ3) is 3.41. The van der Waals surface area contributed by atoms with Gasteiger partial charge in [0.2, 0.25) is 5.91 Å². The van der Waals surface area contributed by atoms with Crippen LogP contribution in [0.2, 0.25) is 0 Å². The SMILES string of the molecule is CC(=O)Nc1ccc(C(=O)Oc2ccccc2F)cc1. The van der Waals surface area contributed by atoms with Crippen molar-refractivity contribution in [3.05, 3.63) is 59.9 Å². The normalized spacial score (nSPS) is 9.90. The summed E-state index contributed by atoms with van der Waals surface area (Å²) in [6.07, 6.45) is 0. The highest BCUT2D eigenvalue weighted by atomic mass is 19.1. The minimum absolute atomic E-state index is 0.122. The van der Waals surface area contributed by atoms with Crippen molar-refractivity contribution in [1.82, 2.24) is 0 Å². The lowest BCUT2D eigenvalue weighted by Gasteiger charge is -2.06. The second-order valence-electron chi connectivity index (χ2n) is 4.08. The number of ether oxygens (including phenoxy) is 1. The summed E-state index contributed by atoms with van der Waals surface area (Å²) >= 11 is 0. The lowest BCUT2D eigenvalue weighted by Crippen LogP contribution is -2.10. The molecule has 0 bridgehead atoms. The number of esters is 1. The second-order valence-corrected chi connectivity index (χ2v) is 4.08. The molecule has 0 unspecified atom stereocenters. The maximum Gasteiger partial charge on any atom is 0.343 e. The van der Waals surface area contributed by atoms with Gasteiger partial charge in [0.25, 0.3) is 0 Å². The number of carbonyl (C=O) groups excluding carboxylic acids is 2. The summed E-state index contributed by atoms with van der Waals surface area (Å²) in [6, 6.07) is 11.8. The predicted octanol–water partition coefficient (Wildman–Crippen LogP) is 3.00. The number of hydrogen-bond donors (Lipinski definition) is 1. The van der Waals surface area contributed by atoms with Crippen LogP contribution in [0.3, 0.4) is 0 Å². The van der Waals surface area contributed by atoms with Gasteiger partial charge >= 0.3 is 5.97 Å². The van der Waals surface area contributed by atoms with Crippen LogP contribution in [0.25, 0.3) is 0 Å². The van der Waals surface area contributed by atoms with Gasteiger partial charge in [0.05, 0.1) is 5.56 Å². The number of para-hydroxylation sites is 1. The Balaban J connectivity index is 2.10. The molecule has 0 aliphatic heterocycles. The molecule has 0 aliphatic rings. The summed E-state index contributed by atoms with van der Waals surface area (Å²) < 4.78 is 18.3. The van der Waals surface area contributed by atoms with E-state index in [4.69, 9.17) is 4.74 Å². The highest BCUT2D eigenvalue weighted by molar-refractivity contribution is 5.93. The first-order chi connectivity index (χ1) is 9.56. The first-order valence-corrected chi connectivity index (χ1v) is 5.90. The minimum atomic E-state index is -0.663. The quantitative estimate of drug-likeness (QED) is 0.691. The van der Waals surface area contributed by atoms with Gasteiger partial charge in [0.1, 0.15) is 0 Å². The van der Waals surface area contributed by atoms with E-state index >= 15 is 0 Å². The summed E-state index contributed by atoms with van der Waals surface area (Å²) in [4.78, 5) is 22.7. The van der Waals surface area contributed by atoms with Crippen LogP contribution in [-0.2, 0) is 4.79 Å². The standard InChI is InChI=1S/C15H12FNO3/c1-10(18)17-12-8-6-11(7-9-12)15(19)20-14-5-3-2-4-13(14)16/h2-9H,1H3,(H,17,18). The Labute approximate surface area is 115 Å². The molecule has 0 saturated carbocycles. The van der Waals surface area contributed by atoms with E-state index in [1.54, 1.807) is 18.2 Å². The molecule has 1 N–H and O–H groups in total. The molecule has 0 heterocycles. The van der Waals surface area contributed by atoms with Crippen molar-refractivity contribution in [2.45, 2.75) is 6.92 Å². The van der Waals surface area contributed by atoms with Gasteiger partial charge in [-0.05, 0) is 36.4 Å². The van der Waals surface area contributed by atoms with Gasteiger partial charge in [-0.2, -0.15) is 0 Å². The van der Waals surface area contributed by atoms with Gasteiger partial charge < -0.3 is 10.1 Å². The monoisotopic (exact) mass is 273 g/mol. The van der Waals surface area contributed by atoms with Crippen LogP contribution < -0.4 is 10.1 Å². The van der Waals surface area contributed by atoms with Crippen molar-refractivity contribution < 1.29 is 18.7 Å². The molecule has 0 aromatic heterocycles. The zero-order valence-corrected chi connectivity index (χ0v) is 10.7. The largest absolute Gasteiger partial charge is 0.420 e. The molecule has 102 valence electrons. The van der Waals surface area contributed by atoms with Gasteiger partial charge in [0, 0.05) is 12.6 Å². The first kappa shape index (κ1) is 13.7. The number of amides is 1. The molecule has 0 saturated heterocycles. The van der Waals surface area contributed by atoms with Crippen molar-refractivity contribution in [3.63, 3.8) is 0 Å². The van der Waals surface area contributed by atoms with Crippen LogP contribution in [0.5, 0.6) is 5.75 Å². The third-order valence-electron chi connectivity index (χ3n) is 2.48. The number of nitrogens with one attached hydrogen (secondary N) is 1. The molecule has 20 heavy (non-hydrogen) atoms. The molecular weight excluding hydrogens is 261 g/mol. The molecule has 5 heteroatoms. The van der Waals surface area contributed by atoms with E-state index < -0.39 is 11.8 Å². The Morgan fingerprint density at radius 3 is 2.30 bits per heavy atom. The fraction of sp³-hybridized carbons (Fsp3) is 0.0667. The van der Waals surface area contributed by atoms with Crippen LogP contribution in [0.1, 0.15) is 17.3 Å². The number of anilines is 1. The van der Waals surface area contributed by atoms with Crippen LogP contribution in [0.4, 0.5) is 10.1 Å². The molecular formula is C15H12FNO3. The molecule has 0 radical (unpaired) electrons. The maximum atomic E-state index is 13.3. The highest BCUT2D eigenvalue weighted by Gasteiger charge is 2.11. The zero-order valence-electron chi connectivity index (χ0n) is 10.7. The van der Waals surface area contributed by atoms with Gasteiger partial charge in [0.15, 0.2) is 11.6 Å². The third-order valence-corrected chi connectivity index (χ3v) is 2.48. The topological polar surface area (TPSA) is 55.4 Å². The number of hydrogen-bond acceptors (Lipinski definition) is 3. The lowest BCUT2D eigenvalue weighted by atomic mass is 10.2. The van der Waals surface area contributed by atoms with Crippen LogP contribution in [0.15, 0.2) is 48.5 Å². The van der Waals surface area contributed by atoms with Gasteiger partial charge in [-0.3, -0.25) is 4.79 Å². The lowest BCUT2D eigenvalue weighted by molar-refractivity contribution is -0.114. The number of benzene rings is 2. The van der Waals surface area contributed by atoms with Crippen molar-refractivity contribution in [2.75, 3.05) is 5.32 Å². The molecule has 2 aromatic rings. The summed E-state index contributed by atoms with van der Waals surface area (Å²) in [7, 11) is 0. The van der Waals surface area contributed by atoms with Crippen molar-refractivity contribution in [1.29, 1.82) is 0 Å². The van der Waals surface area contributed by atoms with Crippen LogP contribution in [0, 0.1) is 5.82 Å². The van der Waals surface area contributed by atoms with Crippen molar-refractivity contribution in [2.24, 2.45) is 0 Å². The van der Waals surface area contributed by atoms with E-state index in [-0.39, 0.29) is 17.2 Å². The fourth-order valence-corrected chi connectivity index (χ4v) is 1.58. The van der Waals surface area contributed by atoms with Gasteiger partial charge in [-0.25, -0.2) is 9.18 Å². The Hall–Kier alpha value is -2.69. The number of carbonyl (C=O) groups is 2. The Morgan fingerprint density at radius 2 is 1.70 bits per heavy atom. The Bertz CT molecular complexity index is 638. The fourth-order valence-electron chi connectivity index (χ4n) is 1.58. The van der Waals surface area contributed by atoms with Crippen LogP contribution in [-0.4, -0.2) is 11.9 Å². The average molecular weight is 273 g/mol. The molecule has 0 spiro atoms. The van der Waals surface area contributed by atoms with E-state index in [2.05, 4.69) is 5.32 Å². The predicted molar refractivity (Wildman–Crippen MR) is 72.1 cm³/mol. The molecule has 4 nitrogen and oxygen atoms in total. The van der Waals surface area contributed by atoms with E-state index in [0.717, 1.165) is 0 Å². The number of halogens is 1. The van der Waals surface area contributed by atoms with Crippen molar-refractivity contribution >= 4 is 17.6 Å². The summed E-state index contributed by atoms with van der Waals surface area (Å²) in [5, 5.41) is 2.58. The maximum absolute atomic E-state index is 13.3. The molecule has 0 atom stereocenters. The molecule has 0 fully saturated rings. The van der Waals surface area contributed by atoms with E-state index in [1.807, 2.05) is 0 Å². The van der Waals surface area contributed by atoms with Crippen molar-refractivity contribution in [3.8, 4) is 5.75 Å². The number of rotatable bonds is 3. The van der Waals surface area contributed by atoms with Crippen LogP contribution >= 0.6 is 0 Å². The van der Waals surface area contributed by atoms with Gasteiger partial charge in [-0.1, -0.05) is 12.1 Å². The Kier molecular flexibility index (Phi) is 4.10. The van der Waals surface area contributed by atoms with E-state index in [0.29, 0.717) is 5.69 Å². The molecule has 1 amide bonds. The highest BCUT2D eigenvalue weighted by Crippen LogP contribution is 2.18. The summed E-state index contributed by atoms with van der Waals surface area (Å²) in [6.45, 7) is 1.39. The summed E-state index contributed by atoms with van der Waals surface area (Å²) in [5.41, 5.74) is 0.835. The molecule has 2 aromatic carbocycles. The van der Waals surface area contributed by atoms with Gasteiger partial charge in [-0.15, -0.1) is 0 Å². The minimum Gasteiger partial charge on any atom is -0.420 e. The van der Waals surface area contributed by atoms with E-state index in [9.17, 15) is 14.0 Å². The molecule has 2 rings (SSSR count). The zero-order chi connectivity index (χ0) is 14.5. The smallest absolute Gasteiger partial charge is 0.343 e. The second kappa shape index (κ2) is 5.97. The Morgan fingerprint density at radius 1 is 1.05 bits per heavy atom. The first-order valence-electron chi connectivity index (χ1n) is 5.90. The average Bonchev–Trinajstić information content (AvgIpc) is 2.41. The van der Waals surface area contributed by atoms with E-state index in [1.165, 1.54) is 37.3 Å². The molecule has 0 aliphatic carbocycles.